The standard InChI is InChI=1S/C16H18FNO2S/c1-11-6-7-14(21-11)10-18(2)16(20)9-15(19)12-4-3-5-13(17)8-12/h3-8,15,19H,9-10H2,1-2H3. The van der Waals surface area contributed by atoms with Crippen molar-refractivity contribution in [3.63, 3.8) is 0 Å². The first-order valence-electron chi connectivity index (χ1n) is 6.68. The van der Waals surface area contributed by atoms with Crippen molar-refractivity contribution in [2.45, 2.75) is 26.0 Å². The Morgan fingerprint density at radius 2 is 2.14 bits per heavy atom. The van der Waals surface area contributed by atoms with E-state index in [1.807, 2.05) is 19.1 Å². The minimum atomic E-state index is -0.985. The van der Waals surface area contributed by atoms with Crippen molar-refractivity contribution in [1.29, 1.82) is 0 Å². The SMILES string of the molecule is Cc1ccc(CN(C)C(=O)CC(O)c2cccc(F)c2)s1. The van der Waals surface area contributed by atoms with E-state index >= 15 is 0 Å². The summed E-state index contributed by atoms with van der Waals surface area (Å²) in [7, 11) is 1.70. The average molecular weight is 307 g/mol. The Morgan fingerprint density at radius 3 is 2.76 bits per heavy atom. The third kappa shape index (κ3) is 4.37. The van der Waals surface area contributed by atoms with Crippen molar-refractivity contribution in [3.8, 4) is 0 Å². The first-order chi connectivity index (χ1) is 9.95. The smallest absolute Gasteiger partial charge is 0.225 e. The van der Waals surface area contributed by atoms with Crippen molar-refractivity contribution >= 4 is 17.2 Å². The van der Waals surface area contributed by atoms with Crippen LogP contribution in [0.3, 0.4) is 0 Å². The second-order valence-corrected chi connectivity index (χ2v) is 6.41. The predicted molar refractivity (Wildman–Crippen MR) is 81.5 cm³/mol. The van der Waals surface area contributed by atoms with Crippen molar-refractivity contribution in [2.75, 3.05) is 7.05 Å². The summed E-state index contributed by atoms with van der Waals surface area (Å²) in [4.78, 5) is 16.0. The van der Waals surface area contributed by atoms with E-state index in [4.69, 9.17) is 0 Å². The largest absolute Gasteiger partial charge is 0.388 e. The molecular weight excluding hydrogens is 289 g/mol. The maximum atomic E-state index is 13.1. The van der Waals surface area contributed by atoms with Gasteiger partial charge in [-0.25, -0.2) is 4.39 Å². The fraction of sp³-hybridized carbons (Fsp3) is 0.312. The molecule has 112 valence electrons. The molecule has 2 rings (SSSR count). The van der Waals surface area contributed by atoms with Crippen LogP contribution >= 0.6 is 11.3 Å². The second kappa shape index (κ2) is 6.83. The Morgan fingerprint density at radius 1 is 1.38 bits per heavy atom. The van der Waals surface area contributed by atoms with E-state index in [1.54, 1.807) is 29.4 Å². The number of halogens is 1. The quantitative estimate of drug-likeness (QED) is 0.921. The van der Waals surface area contributed by atoms with Crippen LogP contribution in [0.15, 0.2) is 36.4 Å². The number of carbonyl (C=O) groups is 1. The van der Waals surface area contributed by atoms with Gasteiger partial charge in [-0.05, 0) is 36.8 Å². The molecule has 0 fully saturated rings. The molecule has 0 saturated heterocycles. The van der Waals surface area contributed by atoms with Crippen molar-refractivity contribution < 1.29 is 14.3 Å². The molecule has 0 aliphatic heterocycles. The molecule has 0 bridgehead atoms. The van der Waals surface area contributed by atoms with Crippen LogP contribution in [-0.4, -0.2) is 23.0 Å². The molecule has 3 nitrogen and oxygen atoms in total. The Kier molecular flexibility index (Phi) is 5.09. The van der Waals surface area contributed by atoms with Crippen LogP contribution in [0, 0.1) is 12.7 Å². The minimum absolute atomic E-state index is 0.0513. The van der Waals surface area contributed by atoms with E-state index in [0.29, 0.717) is 12.1 Å². The van der Waals surface area contributed by atoms with Gasteiger partial charge >= 0.3 is 0 Å². The van der Waals surface area contributed by atoms with Gasteiger partial charge in [0.05, 0.1) is 19.1 Å². The number of hydrogen-bond donors (Lipinski definition) is 1. The topological polar surface area (TPSA) is 40.5 Å². The Balaban J connectivity index is 1.94. The maximum Gasteiger partial charge on any atom is 0.225 e. The second-order valence-electron chi connectivity index (χ2n) is 5.04. The predicted octanol–water partition coefficient (Wildman–Crippen LogP) is 3.28. The molecule has 21 heavy (non-hydrogen) atoms. The first-order valence-corrected chi connectivity index (χ1v) is 7.50. The lowest BCUT2D eigenvalue weighted by atomic mass is 10.1. The number of aliphatic hydroxyl groups excluding tert-OH is 1. The third-order valence-electron chi connectivity index (χ3n) is 3.22. The number of thiophene rings is 1. The highest BCUT2D eigenvalue weighted by molar-refractivity contribution is 7.11. The summed E-state index contributed by atoms with van der Waals surface area (Å²) < 4.78 is 13.1. The van der Waals surface area contributed by atoms with Gasteiger partial charge in [-0.3, -0.25) is 4.79 Å². The molecule has 1 heterocycles. The Bertz CT molecular complexity index is 626. The molecule has 0 aliphatic rings. The molecule has 5 heteroatoms. The van der Waals surface area contributed by atoms with E-state index in [2.05, 4.69) is 0 Å². The molecule has 0 saturated carbocycles. The molecule has 1 unspecified atom stereocenters. The molecule has 1 atom stereocenters. The third-order valence-corrected chi connectivity index (χ3v) is 4.20. The van der Waals surface area contributed by atoms with Crippen LogP contribution in [0.1, 0.15) is 27.8 Å². The molecule has 2 aromatic rings. The summed E-state index contributed by atoms with van der Waals surface area (Å²) in [5.74, 6) is -0.584. The first kappa shape index (κ1) is 15.7. The summed E-state index contributed by atoms with van der Waals surface area (Å²) in [5, 5.41) is 10.0. The van der Waals surface area contributed by atoms with Gasteiger partial charge in [0.2, 0.25) is 5.91 Å². The molecule has 1 amide bonds. The molecule has 1 N–H and O–H groups in total. The van der Waals surface area contributed by atoms with Crippen LogP contribution in [0.5, 0.6) is 0 Å². The summed E-state index contributed by atoms with van der Waals surface area (Å²) >= 11 is 1.64. The van der Waals surface area contributed by atoms with Gasteiger partial charge in [-0.1, -0.05) is 12.1 Å². The number of aryl methyl sites for hydroxylation is 1. The monoisotopic (exact) mass is 307 g/mol. The number of nitrogens with zero attached hydrogens (tertiary/aromatic N) is 1. The fourth-order valence-corrected chi connectivity index (χ4v) is 2.99. The number of benzene rings is 1. The average Bonchev–Trinajstić information content (AvgIpc) is 2.84. The van der Waals surface area contributed by atoms with Crippen LogP contribution in [0.2, 0.25) is 0 Å². The molecule has 0 radical (unpaired) electrons. The zero-order chi connectivity index (χ0) is 15.4. The lowest BCUT2D eigenvalue weighted by molar-refractivity contribution is -0.132. The number of carbonyl (C=O) groups excluding carboxylic acids is 1. The normalized spacial score (nSPS) is 12.2. The van der Waals surface area contributed by atoms with Gasteiger partial charge < -0.3 is 10.0 Å². The number of amides is 1. The van der Waals surface area contributed by atoms with Crippen LogP contribution in [0.4, 0.5) is 4.39 Å². The minimum Gasteiger partial charge on any atom is -0.388 e. The lowest BCUT2D eigenvalue weighted by Crippen LogP contribution is -2.27. The highest BCUT2D eigenvalue weighted by Gasteiger charge is 2.17. The molecule has 0 spiro atoms. The Labute approximate surface area is 127 Å². The van der Waals surface area contributed by atoms with Crippen molar-refractivity contribution in [2.24, 2.45) is 0 Å². The molecule has 1 aromatic carbocycles. The molecule has 0 aliphatic carbocycles. The van der Waals surface area contributed by atoms with Crippen LogP contribution in [-0.2, 0) is 11.3 Å². The highest BCUT2D eigenvalue weighted by atomic mass is 32.1. The maximum absolute atomic E-state index is 13.1. The summed E-state index contributed by atoms with van der Waals surface area (Å²) in [5.41, 5.74) is 0.420. The zero-order valence-electron chi connectivity index (χ0n) is 12.0. The van der Waals surface area contributed by atoms with E-state index in [-0.39, 0.29) is 12.3 Å². The highest BCUT2D eigenvalue weighted by Crippen LogP contribution is 2.20. The van der Waals surface area contributed by atoms with Crippen LogP contribution < -0.4 is 0 Å². The summed E-state index contributed by atoms with van der Waals surface area (Å²) in [6, 6.07) is 9.71. The van der Waals surface area contributed by atoms with Gasteiger partial charge in [-0.15, -0.1) is 11.3 Å². The number of aliphatic hydroxyl groups is 1. The van der Waals surface area contributed by atoms with Crippen molar-refractivity contribution in [3.05, 3.63) is 57.5 Å². The van der Waals surface area contributed by atoms with Crippen molar-refractivity contribution in [1.82, 2.24) is 4.90 Å². The molecule has 1 aromatic heterocycles. The van der Waals surface area contributed by atoms with Gasteiger partial charge in [0.15, 0.2) is 0 Å². The number of rotatable bonds is 5. The van der Waals surface area contributed by atoms with Crippen LogP contribution in [0.25, 0.3) is 0 Å². The number of hydrogen-bond acceptors (Lipinski definition) is 3. The van der Waals surface area contributed by atoms with Gasteiger partial charge in [0.25, 0.3) is 0 Å². The van der Waals surface area contributed by atoms with Gasteiger partial charge in [-0.2, -0.15) is 0 Å². The van der Waals surface area contributed by atoms with E-state index in [9.17, 15) is 14.3 Å². The Hall–Kier alpha value is -1.72. The van der Waals surface area contributed by atoms with E-state index in [0.717, 1.165) is 4.88 Å². The van der Waals surface area contributed by atoms with Gasteiger partial charge in [0, 0.05) is 16.8 Å². The van der Waals surface area contributed by atoms with E-state index < -0.39 is 11.9 Å². The summed E-state index contributed by atoms with van der Waals surface area (Å²) in [6.45, 7) is 2.54. The fourth-order valence-electron chi connectivity index (χ4n) is 2.04. The zero-order valence-corrected chi connectivity index (χ0v) is 12.9. The summed E-state index contributed by atoms with van der Waals surface area (Å²) in [6.07, 6.45) is -1.04. The molecular formula is C16H18FNO2S. The van der Waals surface area contributed by atoms with Gasteiger partial charge in [0.1, 0.15) is 5.82 Å². The van der Waals surface area contributed by atoms with E-state index in [1.165, 1.54) is 23.1 Å². The lowest BCUT2D eigenvalue weighted by Gasteiger charge is -2.18.